The van der Waals surface area contributed by atoms with Crippen LogP contribution in [0, 0.1) is 0 Å². The van der Waals surface area contributed by atoms with E-state index in [-0.39, 0.29) is 22.8 Å². The summed E-state index contributed by atoms with van der Waals surface area (Å²) in [6.07, 6.45) is -2.85. The van der Waals surface area contributed by atoms with Gasteiger partial charge in [0.2, 0.25) is 4.80 Å². The van der Waals surface area contributed by atoms with Crippen LogP contribution in [-0.4, -0.2) is 33.9 Å². The van der Waals surface area contributed by atoms with Gasteiger partial charge in [-0.1, -0.05) is 32.1 Å². The summed E-state index contributed by atoms with van der Waals surface area (Å²) in [4.78, 5) is 23.2. The number of ether oxygens (including phenoxy) is 1. The van der Waals surface area contributed by atoms with Crippen LogP contribution in [0.2, 0.25) is 0 Å². The Balaban J connectivity index is 2.05. The highest BCUT2D eigenvalue weighted by Gasteiger charge is 2.32. The van der Waals surface area contributed by atoms with E-state index in [9.17, 15) is 18.0 Å². The van der Waals surface area contributed by atoms with Crippen molar-refractivity contribution < 1.29 is 27.5 Å². The summed E-state index contributed by atoms with van der Waals surface area (Å²) in [6.45, 7) is 12.5. The predicted molar refractivity (Wildman–Crippen MR) is 123 cm³/mol. The van der Waals surface area contributed by atoms with E-state index >= 15 is 0 Å². The monoisotopic (exact) mass is 500 g/mol. The first-order valence-electron chi connectivity index (χ1n) is 11.1. The van der Waals surface area contributed by atoms with E-state index < -0.39 is 23.2 Å². The molecule has 1 atom stereocenters. The number of carbonyl (C=O) groups excluding carboxylic acids is 1. The quantitative estimate of drug-likeness (QED) is 0.593. The Kier molecular flexibility index (Phi) is 7.59. The van der Waals surface area contributed by atoms with Crippen molar-refractivity contribution >= 4 is 17.2 Å². The smallest absolute Gasteiger partial charge is 0.407 e. The average Bonchev–Trinajstić information content (AvgIpc) is 3.35. The minimum Gasteiger partial charge on any atom is -0.407 e. The number of carbonyl (C=O) groups is 1. The van der Waals surface area contributed by atoms with Gasteiger partial charge in [-0.25, -0.2) is 4.68 Å². The van der Waals surface area contributed by atoms with Crippen molar-refractivity contribution in [3.05, 3.63) is 39.1 Å². The molecule has 2 aromatic rings. The largest absolute Gasteiger partial charge is 0.416 e. The molecule has 1 aliphatic heterocycles. The molecule has 188 valence electrons. The van der Waals surface area contributed by atoms with Crippen molar-refractivity contribution in [3.8, 4) is 5.75 Å². The van der Waals surface area contributed by atoms with Gasteiger partial charge in [-0.05, 0) is 51.8 Å². The van der Waals surface area contributed by atoms with E-state index in [1.54, 1.807) is 4.68 Å². The van der Waals surface area contributed by atoms with Gasteiger partial charge in [0.05, 0.1) is 23.8 Å². The molecule has 3 rings (SSSR count). The first-order valence-corrected chi connectivity index (χ1v) is 11.9. The number of rotatable bonds is 5. The summed E-state index contributed by atoms with van der Waals surface area (Å²) in [6, 6.07) is 2.76. The van der Waals surface area contributed by atoms with Crippen molar-refractivity contribution in [1.29, 1.82) is 0 Å². The van der Waals surface area contributed by atoms with E-state index in [0.717, 1.165) is 36.0 Å². The van der Waals surface area contributed by atoms with Crippen molar-refractivity contribution in [1.82, 2.24) is 15.3 Å². The van der Waals surface area contributed by atoms with Gasteiger partial charge in [0.25, 0.3) is 5.91 Å². The van der Waals surface area contributed by atoms with E-state index in [4.69, 9.17) is 9.57 Å². The lowest BCUT2D eigenvalue weighted by Crippen LogP contribution is -2.38. The maximum atomic E-state index is 13.4. The van der Waals surface area contributed by atoms with Crippen LogP contribution in [0.25, 0.3) is 0 Å². The van der Waals surface area contributed by atoms with E-state index in [0.29, 0.717) is 18.0 Å². The number of aromatic nitrogens is 2. The van der Waals surface area contributed by atoms with Gasteiger partial charge < -0.3 is 9.57 Å². The Hall–Kier alpha value is -2.24. The lowest BCUT2D eigenvalue weighted by atomic mass is 9.98. The zero-order valence-electron chi connectivity index (χ0n) is 20.2. The number of amides is 1. The van der Waals surface area contributed by atoms with Crippen molar-refractivity contribution in [2.75, 3.05) is 6.61 Å². The molecule has 0 spiro atoms. The number of hydroxylamine groups is 1. The number of nitrogens with zero attached hydrogens (tertiary/aromatic N) is 3. The summed E-state index contributed by atoms with van der Waals surface area (Å²) in [7, 11) is 0. The lowest BCUT2D eigenvalue weighted by Gasteiger charge is -2.21. The summed E-state index contributed by atoms with van der Waals surface area (Å²) in [5.41, 5.74) is 0.697. The highest BCUT2D eigenvalue weighted by Crippen LogP contribution is 2.33. The van der Waals surface area contributed by atoms with Gasteiger partial charge in [-0.15, -0.1) is 0 Å². The van der Waals surface area contributed by atoms with Crippen molar-refractivity contribution in [3.63, 3.8) is 0 Å². The summed E-state index contributed by atoms with van der Waals surface area (Å²) < 4.78 is 47.4. The molecule has 1 aromatic carbocycles. The Labute approximate surface area is 200 Å². The lowest BCUT2D eigenvalue weighted by molar-refractivity contribution is -0.137. The van der Waals surface area contributed by atoms with Gasteiger partial charge in [0.1, 0.15) is 5.01 Å². The highest BCUT2D eigenvalue weighted by atomic mass is 32.1. The Bertz CT molecular complexity index is 1090. The molecule has 1 aliphatic rings. The third-order valence-corrected chi connectivity index (χ3v) is 6.24. The summed E-state index contributed by atoms with van der Waals surface area (Å²) >= 11 is 1.24. The third kappa shape index (κ3) is 6.89. The molecular weight excluding hydrogens is 469 g/mol. The van der Waals surface area contributed by atoms with Gasteiger partial charge in [-0.3, -0.25) is 4.79 Å². The minimum absolute atomic E-state index is 0.0390. The first-order chi connectivity index (χ1) is 15.6. The number of nitrogens with one attached hydrogen (secondary N) is 1. The van der Waals surface area contributed by atoms with Crippen LogP contribution in [0.3, 0.4) is 0 Å². The fourth-order valence-corrected chi connectivity index (χ4v) is 4.08. The first kappa shape index (κ1) is 26.4. The predicted octanol–water partition coefficient (Wildman–Crippen LogP) is 4.86. The Morgan fingerprint density at radius 1 is 1.26 bits per heavy atom. The van der Waals surface area contributed by atoms with Crippen LogP contribution < -0.4 is 15.1 Å². The van der Waals surface area contributed by atoms with E-state index in [1.807, 2.05) is 41.5 Å². The number of benzene rings is 1. The fourth-order valence-electron chi connectivity index (χ4n) is 3.11. The fraction of sp³-hybridized carbons (Fsp3) is 0.609. The maximum Gasteiger partial charge on any atom is 0.416 e. The van der Waals surface area contributed by atoms with Crippen molar-refractivity contribution in [2.24, 2.45) is 4.99 Å². The van der Waals surface area contributed by atoms with Gasteiger partial charge in [0, 0.05) is 17.6 Å². The Morgan fingerprint density at radius 3 is 2.53 bits per heavy atom. The molecule has 1 aromatic heterocycles. The summed E-state index contributed by atoms with van der Waals surface area (Å²) in [5, 5.41) is 5.38. The van der Waals surface area contributed by atoms with Crippen LogP contribution in [0.4, 0.5) is 13.2 Å². The second kappa shape index (κ2) is 9.79. The highest BCUT2D eigenvalue weighted by molar-refractivity contribution is 7.09. The normalized spacial score (nSPS) is 17.9. The zero-order valence-corrected chi connectivity index (χ0v) is 21.1. The van der Waals surface area contributed by atoms with Gasteiger partial charge >= 0.3 is 6.18 Å². The molecule has 0 radical (unpaired) electrons. The molecule has 0 unspecified atom stereocenters. The van der Waals surface area contributed by atoms with Crippen LogP contribution >= 0.6 is 11.3 Å². The molecule has 11 heteroatoms. The minimum atomic E-state index is -4.62. The number of alkyl halides is 3. The molecule has 0 saturated carbocycles. The topological polar surface area (TPSA) is 77.7 Å². The second-order valence-corrected chi connectivity index (χ2v) is 11.3. The molecule has 7 nitrogen and oxygen atoms in total. The van der Waals surface area contributed by atoms with Crippen LogP contribution in [0.1, 0.15) is 75.3 Å². The molecule has 0 aliphatic carbocycles. The van der Waals surface area contributed by atoms with E-state index in [1.165, 1.54) is 11.3 Å². The van der Waals surface area contributed by atoms with E-state index in [2.05, 4.69) is 15.6 Å². The van der Waals surface area contributed by atoms with Gasteiger partial charge in [-0.2, -0.15) is 28.7 Å². The number of halogens is 3. The zero-order chi connectivity index (χ0) is 25.3. The van der Waals surface area contributed by atoms with Crippen molar-refractivity contribution in [2.45, 2.75) is 84.2 Å². The molecule has 1 saturated heterocycles. The second-order valence-electron chi connectivity index (χ2n) is 10.3. The maximum absolute atomic E-state index is 13.4. The Morgan fingerprint density at radius 2 is 1.97 bits per heavy atom. The molecule has 2 heterocycles. The van der Waals surface area contributed by atoms with Crippen LogP contribution in [0.5, 0.6) is 5.75 Å². The summed E-state index contributed by atoms with van der Waals surface area (Å²) in [5.74, 6) is -0.884. The standard InChI is InChI=1S/C23H31F3N4O3S/c1-21(2,3)19-28-30(13-15-8-7-11-32-15)20(34-19)27-18(31)16-12-14(23(24,25)26)9-10-17(16)33-29-22(4,5)6/h9-10,12,15,29H,7-8,11,13H2,1-6H3/t15-/m1/s1. The van der Waals surface area contributed by atoms with Gasteiger partial charge in [0.15, 0.2) is 5.75 Å². The molecule has 1 fully saturated rings. The SMILES string of the molecule is CC(C)(C)NOc1ccc(C(F)(F)F)cc1C(=O)N=c1sc(C(C)(C)C)nn1C[C@H]1CCCO1. The van der Waals surface area contributed by atoms with Crippen LogP contribution in [0.15, 0.2) is 23.2 Å². The molecule has 34 heavy (non-hydrogen) atoms. The average molecular weight is 501 g/mol. The number of hydrogen-bond acceptors (Lipinski definition) is 6. The molecular formula is C23H31F3N4O3S. The number of hydrogen-bond donors (Lipinski definition) is 1. The molecule has 0 bridgehead atoms. The molecule has 1 N–H and O–H groups in total. The van der Waals surface area contributed by atoms with Crippen LogP contribution in [-0.2, 0) is 22.9 Å². The molecule has 1 amide bonds. The third-order valence-electron chi connectivity index (χ3n) is 4.86.